The van der Waals surface area contributed by atoms with Crippen LogP contribution in [0.2, 0.25) is 0 Å². The Labute approximate surface area is 210 Å². The minimum Gasteiger partial charge on any atom is -0.512 e. The van der Waals surface area contributed by atoms with Crippen LogP contribution in [0.5, 0.6) is 0 Å². The third kappa shape index (κ3) is 7.48. The molecule has 0 aliphatic heterocycles. The van der Waals surface area contributed by atoms with Crippen molar-refractivity contribution in [3.8, 4) is 0 Å². The Morgan fingerprint density at radius 1 is 0.800 bits per heavy atom. The van der Waals surface area contributed by atoms with Crippen LogP contribution in [0, 0.1) is 16.7 Å². The zero-order valence-electron chi connectivity index (χ0n) is 22.3. The van der Waals surface area contributed by atoms with E-state index >= 15 is 0 Å². The van der Waals surface area contributed by atoms with Crippen LogP contribution >= 0.6 is 0 Å². The van der Waals surface area contributed by atoms with E-state index in [-0.39, 0.29) is 28.7 Å². The molecule has 0 bridgehead atoms. The molecular formula is C31H40O4. The van der Waals surface area contributed by atoms with Crippen molar-refractivity contribution in [1.29, 1.82) is 0 Å². The summed E-state index contributed by atoms with van der Waals surface area (Å²) >= 11 is 0. The Bertz CT molecular complexity index is 1090. The molecule has 0 saturated carbocycles. The molecule has 1 N–H and O–H groups in total. The number of ketones is 3. The van der Waals surface area contributed by atoms with Crippen molar-refractivity contribution in [2.45, 2.75) is 74.1 Å². The number of hydrogen-bond acceptors (Lipinski definition) is 4. The summed E-state index contributed by atoms with van der Waals surface area (Å²) in [6.07, 6.45) is 4.01. The molecule has 0 aliphatic carbocycles. The lowest BCUT2D eigenvalue weighted by Gasteiger charge is -2.24. The van der Waals surface area contributed by atoms with Gasteiger partial charge in [-0.25, -0.2) is 0 Å². The van der Waals surface area contributed by atoms with Crippen LogP contribution in [0.1, 0.15) is 70.7 Å². The van der Waals surface area contributed by atoms with Gasteiger partial charge in [0.2, 0.25) is 0 Å². The van der Waals surface area contributed by atoms with Gasteiger partial charge in [-0.1, -0.05) is 62.4 Å². The van der Waals surface area contributed by atoms with Gasteiger partial charge in [0.1, 0.15) is 17.3 Å². The van der Waals surface area contributed by atoms with E-state index in [0.717, 1.165) is 22.3 Å². The molecule has 2 aromatic rings. The van der Waals surface area contributed by atoms with E-state index in [1.54, 1.807) is 19.9 Å². The second kappa shape index (κ2) is 11.6. The van der Waals surface area contributed by atoms with Crippen molar-refractivity contribution in [2.75, 3.05) is 0 Å². The number of allylic oxidation sites excluding steroid dienone is 2. The second-order valence-electron chi connectivity index (χ2n) is 10.7. The highest BCUT2D eigenvalue weighted by Crippen LogP contribution is 2.30. The largest absolute Gasteiger partial charge is 0.512 e. The van der Waals surface area contributed by atoms with Gasteiger partial charge in [-0.2, -0.15) is 0 Å². The molecule has 0 saturated heterocycles. The minimum atomic E-state index is -1.03. The summed E-state index contributed by atoms with van der Waals surface area (Å²) in [6.45, 7) is 12.1. The second-order valence-corrected chi connectivity index (χ2v) is 10.7. The average molecular weight is 477 g/mol. The number of aliphatic hydroxyl groups excluding tert-OH is 1. The fourth-order valence-electron chi connectivity index (χ4n) is 4.56. The van der Waals surface area contributed by atoms with Gasteiger partial charge in [0, 0.05) is 11.3 Å². The Morgan fingerprint density at radius 3 is 1.63 bits per heavy atom. The smallest absolute Gasteiger partial charge is 0.143 e. The lowest BCUT2D eigenvalue weighted by molar-refractivity contribution is -0.137. The first-order valence-corrected chi connectivity index (χ1v) is 12.3. The Balaban J connectivity index is 2.21. The molecule has 0 radical (unpaired) electrons. The fraction of sp³-hybridized carbons (Fsp3) is 0.452. The number of benzene rings is 2. The summed E-state index contributed by atoms with van der Waals surface area (Å²) in [7, 11) is 0. The van der Waals surface area contributed by atoms with Gasteiger partial charge in [0.05, 0.1) is 11.2 Å². The number of hydrogen-bond donors (Lipinski definition) is 1. The van der Waals surface area contributed by atoms with E-state index in [2.05, 4.69) is 12.1 Å². The highest BCUT2D eigenvalue weighted by molar-refractivity contribution is 6.04. The molecule has 188 valence electrons. The van der Waals surface area contributed by atoms with E-state index in [1.807, 2.05) is 57.2 Å². The molecule has 0 aromatic heterocycles. The standard InChI is InChI=1S/C31H40O4/c1-8-29(35)30(5,6)19-26-13-9-11-24(15-26)17-28(21(2)32)18-25-12-10-14-27(16-25)20-31(7,22(3)33)23(4)34/h8-16,28,35H,17-20H2,1-7H3/b29-8+. The molecule has 2 aromatic carbocycles. The first-order chi connectivity index (χ1) is 16.3. The maximum absolute atomic E-state index is 12.6. The average Bonchev–Trinajstić information content (AvgIpc) is 2.77. The summed E-state index contributed by atoms with van der Waals surface area (Å²) in [5.74, 6) is 0.0511. The van der Waals surface area contributed by atoms with Crippen LogP contribution in [0.25, 0.3) is 0 Å². The predicted octanol–water partition coefficient (Wildman–Crippen LogP) is 6.43. The Kier molecular flexibility index (Phi) is 9.37. The van der Waals surface area contributed by atoms with Crippen LogP contribution in [0.4, 0.5) is 0 Å². The van der Waals surface area contributed by atoms with Gasteiger partial charge in [0.25, 0.3) is 0 Å². The van der Waals surface area contributed by atoms with Crippen molar-refractivity contribution in [2.24, 2.45) is 16.7 Å². The number of rotatable bonds is 12. The minimum absolute atomic E-state index is 0.130. The van der Waals surface area contributed by atoms with Crippen molar-refractivity contribution in [1.82, 2.24) is 0 Å². The van der Waals surface area contributed by atoms with Crippen molar-refractivity contribution in [3.05, 3.63) is 82.6 Å². The SMILES string of the molecule is C/C=C(/O)C(C)(C)Cc1cccc(CC(Cc2cccc(CC(C)(C(C)=O)C(C)=O)c2)C(C)=O)c1. The van der Waals surface area contributed by atoms with Crippen LogP contribution < -0.4 is 0 Å². The third-order valence-electron chi connectivity index (χ3n) is 7.25. The van der Waals surface area contributed by atoms with Crippen LogP contribution in [-0.2, 0) is 40.1 Å². The highest BCUT2D eigenvalue weighted by atomic mass is 16.3. The molecule has 0 heterocycles. The van der Waals surface area contributed by atoms with Crippen molar-refractivity contribution < 1.29 is 19.5 Å². The normalized spacial score (nSPS) is 13.4. The molecule has 1 unspecified atom stereocenters. The van der Waals surface area contributed by atoms with Gasteiger partial charge in [-0.15, -0.1) is 0 Å². The monoisotopic (exact) mass is 476 g/mol. The molecule has 0 spiro atoms. The summed E-state index contributed by atoms with van der Waals surface area (Å²) in [5, 5.41) is 10.2. The van der Waals surface area contributed by atoms with Gasteiger partial charge in [-0.05, 0) is 88.6 Å². The van der Waals surface area contributed by atoms with E-state index in [0.29, 0.717) is 31.4 Å². The van der Waals surface area contributed by atoms with Crippen molar-refractivity contribution >= 4 is 17.3 Å². The van der Waals surface area contributed by atoms with E-state index in [1.165, 1.54) is 13.8 Å². The molecule has 4 heteroatoms. The molecular weight excluding hydrogens is 436 g/mol. The lowest BCUT2D eigenvalue weighted by Crippen LogP contribution is -2.35. The summed E-state index contributed by atoms with van der Waals surface area (Å²) in [4.78, 5) is 36.9. The zero-order chi connectivity index (χ0) is 26.4. The summed E-state index contributed by atoms with van der Waals surface area (Å²) < 4.78 is 0. The quantitative estimate of drug-likeness (QED) is 0.283. The third-order valence-corrected chi connectivity index (χ3v) is 7.25. The van der Waals surface area contributed by atoms with Gasteiger partial charge >= 0.3 is 0 Å². The maximum Gasteiger partial charge on any atom is 0.143 e. The zero-order valence-corrected chi connectivity index (χ0v) is 22.3. The molecule has 2 rings (SSSR count). The number of carbonyl (C=O) groups excluding carboxylic acids is 3. The number of carbonyl (C=O) groups is 3. The molecule has 1 atom stereocenters. The van der Waals surface area contributed by atoms with Crippen LogP contribution in [0.3, 0.4) is 0 Å². The number of aliphatic hydroxyl groups is 1. The first kappa shape index (κ1) is 28.2. The molecule has 0 amide bonds. The van der Waals surface area contributed by atoms with Gasteiger partial charge in [-0.3, -0.25) is 14.4 Å². The van der Waals surface area contributed by atoms with E-state index in [4.69, 9.17) is 0 Å². The summed E-state index contributed by atoms with van der Waals surface area (Å²) in [5.41, 5.74) is 2.77. The van der Waals surface area contributed by atoms with Crippen LogP contribution in [-0.4, -0.2) is 22.5 Å². The molecule has 0 aliphatic rings. The molecule has 4 nitrogen and oxygen atoms in total. The van der Waals surface area contributed by atoms with E-state index < -0.39 is 5.41 Å². The van der Waals surface area contributed by atoms with Gasteiger partial charge < -0.3 is 5.11 Å². The Hall–Kier alpha value is -3.01. The highest BCUT2D eigenvalue weighted by Gasteiger charge is 2.35. The molecule has 0 fully saturated rings. The molecule has 35 heavy (non-hydrogen) atoms. The predicted molar refractivity (Wildman–Crippen MR) is 142 cm³/mol. The van der Waals surface area contributed by atoms with E-state index in [9.17, 15) is 19.5 Å². The Morgan fingerprint density at radius 2 is 1.23 bits per heavy atom. The lowest BCUT2D eigenvalue weighted by atomic mass is 9.76. The maximum atomic E-state index is 12.6. The summed E-state index contributed by atoms with van der Waals surface area (Å²) in [6, 6.07) is 16.1. The van der Waals surface area contributed by atoms with Crippen molar-refractivity contribution in [3.63, 3.8) is 0 Å². The van der Waals surface area contributed by atoms with Gasteiger partial charge in [0.15, 0.2) is 0 Å². The number of Topliss-reactive ketones (excluding diaryl/α,β-unsaturated/α-hetero) is 3. The fourth-order valence-corrected chi connectivity index (χ4v) is 4.56. The van der Waals surface area contributed by atoms with Crippen LogP contribution in [0.15, 0.2) is 60.4 Å². The topological polar surface area (TPSA) is 71.4 Å². The first-order valence-electron chi connectivity index (χ1n) is 12.3.